The minimum Gasteiger partial charge on any atom is -0.504 e. The lowest BCUT2D eigenvalue weighted by molar-refractivity contribution is 0.00217. The Bertz CT molecular complexity index is 571. The third-order valence-corrected chi connectivity index (χ3v) is 6.45. The van der Waals surface area contributed by atoms with E-state index in [0.717, 1.165) is 17.9 Å². The maximum absolute atomic E-state index is 10.6. The highest BCUT2D eigenvalue weighted by atomic mass is 16.5. The molecule has 0 amide bonds. The summed E-state index contributed by atoms with van der Waals surface area (Å²) in [5.41, 5.74) is 2.89. The van der Waals surface area contributed by atoms with Gasteiger partial charge in [-0.2, -0.15) is 0 Å². The number of phenolic OH excluding ortho intramolecular Hbond substituents is 1. The molecule has 0 unspecified atom stereocenters. The zero-order valence-corrected chi connectivity index (χ0v) is 13.1. The molecule has 1 heterocycles. The third-order valence-electron chi connectivity index (χ3n) is 6.45. The van der Waals surface area contributed by atoms with Gasteiger partial charge in [-0.3, -0.25) is 0 Å². The molecule has 1 N–H and O–H groups in total. The molecule has 0 radical (unpaired) electrons. The number of aromatic hydroxyl groups is 1. The topological polar surface area (TPSA) is 32.7 Å². The zero-order valence-electron chi connectivity index (χ0n) is 13.1. The summed E-state index contributed by atoms with van der Waals surface area (Å²) in [5, 5.41) is 10.6. The van der Waals surface area contributed by atoms with Gasteiger partial charge in [-0.25, -0.2) is 0 Å². The number of fused-ring (bicyclic) bond motifs is 1. The van der Waals surface area contributed by atoms with E-state index in [1.165, 1.54) is 44.2 Å². The Hall–Kier alpha value is -1.22. The summed E-state index contributed by atoms with van der Waals surface area (Å²) in [4.78, 5) is 2.52. The van der Waals surface area contributed by atoms with Gasteiger partial charge in [0.25, 0.3) is 0 Å². The van der Waals surface area contributed by atoms with Gasteiger partial charge < -0.3 is 14.7 Å². The van der Waals surface area contributed by atoms with Crippen molar-refractivity contribution in [3.8, 4) is 11.5 Å². The number of rotatable bonds is 1. The average molecular weight is 287 g/mol. The maximum Gasteiger partial charge on any atom is 0.161 e. The molecule has 114 valence electrons. The average Bonchev–Trinajstić information content (AvgIpc) is 2.51. The van der Waals surface area contributed by atoms with Gasteiger partial charge in [0.05, 0.1) is 7.11 Å². The van der Waals surface area contributed by atoms with E-state index in [-0.39, 0.29) is 0 Å². The molecular weight excluding hydrogens is 262 g/mol. The van der Waals surface area contributed by atoms with Gasteiger partial charge in [0.15, 0.2) is 11.5 Å². The number of hydrogen-bond acceptors (Lipinski definition) is 3. The van der Waals surface area contributed by atoms with Crippen LogP contribution in [0.25, 0.3) is 0 Å². The van der Waals surface area contributed by atoms with Crippen LogP contribution in [-0.4, -0.2) is 36.8 Å². The van der Waals surface area contributed by atoms with Crippen molar-refractivity contribution >= 4 is 0 Å². The Morgan fingerprint density at radius 2 is 2.14 bits per heavy atom. The van der Waals surface area contributed by atoms with Gasteiger partial charge in [-0.05, 0) is 56.8 Å². The molecule has 3 heteroatoms. The van der Waals surface area contributed by atoms with E-state index >= 15 is 0 Å². The van der Waals surface area contributed by atoms with E-state index in [9.17, 15) is 5.11 Å². The van der Waals surface area contributed by atoms with Gasteiger partial charge in [0.1, 0.15) is 0 Å². The van der Waals surface area contributed by atoms with E-state index < -0.39 is 0 Å². The van der Waals surface area contributed by atoms with Crippen LogP contribution in [0.4, 0.5) is 0 Å². The molecule has 3 nitrogen and oxygen atoms in total. The van der Waals surface area contributed by atoms with Crippen LogP contribution in [0.5, 0.6) is 11.5 Å². The molecule has 0 aromatic heterocycles. The minimum absolute atomic E-state index is 0.312. The first-order valence-electron chi connectivity index (χ1n) is 8.27. The standard InChI is InChI=1S/C18H25NO2/c1-19-10-9-18-8-4-3-5-14(18)15(19)11-12-13(18)6-7-16(21-2)17(12)20/h6-7,14-15,20H,3-5,8-11H2,1-2H3/t14-,15+,18-/m0/s1. The highest BCUT2D eigenvalue weighted by molar-refractivity contribution is 5.55. The molecule has 2 bridgehead atoms. The lowest BCUT2D eigenvalue weighted by Crippen LogP contribution is -2.59. The molecule has 3 atom stereocenters. The Kier molecular flexibility index (Phi) is 2.97. The Morgan fingerprint density at radius 3 is 2.95 bits per heavy atom. The number of ether oxygens (including phenoxy) is 1. The van der Waals surface area contributed by atoms with Crippen LogP contribution in [0.15, 0.2) is 12.1 Å². The van der Waals surface area contributed by atoms with Gasteiger partial charge in [-0.1, -0.05) is 18.9 Å². The minimum atomic E-state index is 0.312. The number of likely N-dealkylation sites (N-methyl/N-ethyl adjacent to an activating group) is 1. The van der Waals surface area contributed by atoms with Crippen LogP contribution < -0.4 is 4.74 Å². The second-order valence-electron chi connectivity index (χ2n) is 7.15. The van der Waals surface area contributed by atoms with Crippen LogP contribution >= 0.6 is 0 Å². The Morgan fingerprint density at radius 1 is 1.29 bits per heavy atom. The third kappa shape index (κ3) is 1.70. The molecule has 3 aliphatic rings. The number of nitrogens with zero attached hydrogens (tertiary/aromatic N) is 1. The highest BCUT2D eigenvalue weighted by Gasteiger charge is 2.53. The van der Waals surface area contributed by atoms with Crippen molar-refractivity contribution in [3.63, 3.8) is 0 Å². The summed E-state index contributed by atoms with van der Waals surface area (Å²) >= 11 is 0. The monoisotopic (exact) mass is 287 g/mol. The highest BCUT2D eigenvalue weighted by Crippen LogP contribution is 2.57. The van der Waals surface area contributed by atoms with Crippen LogP contribution in [0.2, 0.25) is 0 Å². The second-order valence-corrected chi connectivity index (χ2v) is 7.15. The van der Waals surface area contributed by atoms with E-state index in [4.69, 9.17) is 4.74 Å². The van der Waals surface area contributed by atoms with E-state index in [2.05, 4.69) is 18.0 Å². The van der Waals surface area contributed by atoms with Crippen molar-refractivity contribution in [1.29, 1.82) is 0 Å². The number of methoxy groups -OCH3 is 1. The molecule has 1 aromatic rings. The van der Waals surface area contributed by atoms with Crippen molar-refractivity contribution in [3.05, 3.63) is 23.3 Å². The second kappa shape index (κ2) is 4.64. The van der Waals surface area contributed by atoms with Gasteiger partial charge in [-0.15, -0.1) is 0 Å². The lowest BCUT2D eigenvalue weighted by atomic mass is 9.52. The lowest BCUT2D eigenvalue weighted by Gasteiger charge is -2.58. The fourth-order valence-corrected chi connectivity index (χ4v) is 5.42. The summed E-state index contributed by atoms with van der Waals surface area (Å²) in [7, 11) is 3.89. The molecule has 2 fully saturated rings. The van der Waals surface area contributed by atoms with Crippen molar-refractivity contribution in [2.45, 2.75) is 50.0 Å². The smallest absolute Gasteiger partial charge is 0.161 e. The van der Waals surface area contributed by atoms with Crippen LogP contribution in [0.3, 0.4) is 0 Å². The predicted molar refractivity (Wildman–Crippen MR) is 83.0 cm³/mol. The number of phenols is 1. The predicted octanol–water partition coefficient (Wildman–Crippen LogP) is 3.09. The molecule has 0 spiro atoms. The fourth-order valence-electron chi connectivity index (χ4n) is 5.42. The summed E-state index contributed by atoms with van der Waals surface area (Å²) in [6, 6.07) is 4.80. The quantitative estimate of drug-likeness (QED) is 0.861. The van der Waals surface area contributed by atoms with Gasteiger partial charge >= 0.3 is 0 Å². The van der Waals surface area contributed by atoms with Gasteiger partial charge in [0, 0.05) is 17.0 Å². The van der Waals surface area contributed by atoms with Crippen molar-refractivity contribution < 1.29 is 9.84 Å². The molecule has 1 saturated heterocycles. The molecule has 2 aliphatic carbocycles. The number of likely N-dealkylation sites (tertiary alicyclic amines) is 1. The van der Waals surface area contributed by atoms with Crippen LogP contribution in [0.1, 0.15) is 43.2 Å². The SMILES string of the molecule is COc1ccc2c(c1O)C[C@@H]1[C@@H]3CCCC[C@]23CCN1C. The van der Waals surface area contributed by atoms with E-state index in [0.29, 0.717) is 23.0 Å². The van der Waals surface area contributed by atoms with Crippen molar-refractivity contribution in [2.75, 3.05) is 20.7 Å². The van der Waals surface area contributed by atoms with Crippen molar-refractivity contribution in [1.82, 2.24) is 4.90 Å². The summed E-state index contributed by atoms with van der Waals surface area (Å²) in [6.45, 7) is 1.19. The molecule has 1 aromatic carbocycles. The number of benzene rings is 1. The molecule has 21 heavy (non-hydrogen) atoms. The normalized spacial score (nSPS) is 35.0. The molecule has 4 rings (SSSR count). The van der Waals surface area contributed by atoms with E-state index in [1.807, 2.05) is 6.07 Å². The first kappa shape index (κ1) is 13.4. The number of hydrogen-bond donors (Lipinski definition) is 1. The van der Waals surface area contributed by atoms with Gasteiger partial charge in [0.2, 0.25) is 0 Å². The van der Waals surface area contributed by atoms with Crippen LogP contribution in [-0.2, 0) is 11.8 Å². The first-order valence-corrected chi connectivity index (χ1v) is 8.27. The molecule has 1 saturated carbocycles. The zero-order chi connectivity index (χ0) is 14.6. The Labute approximate surface area is 126 Å². The summed E-state index contributed by atoms with van der Waals surface area (Å²) in [6.07, 6.45) is 7.56. The molecule has 1 aliphatic heterocycles. The summed E-state index contributed by atoms with van der Waals surface area (Å²) in [5.74, 6) is 1.78. The number of piperidine rings is 1. The maximum atomic E-state index is 10.6. The summed E-state index contributed by atoms with van der Waals surface area (Å²) < 4.78 is 5.33. The Balaban J connectivity index is 1.91. The van der Waals surface area contributed by atoms with Crippen LogP contribution in [0, 0.1) is 5.92 Å². The largest absolute Gasteiger partial charge is 0.504 e. The molecular formula is C18H25NO2. The fraction of sp³-hybridized carbons (Fsp3) is 0.667. The van der Waals surface area contributed by atoms with Crippen molar-refractivity contribution in [2.24, 2.45) is 5.92 Å². The first-order chi connectivity index (χ1) is 10.2. The van der Waals surface area contributed by atoms with E-state index in [1.54, 1.807) is 7.11 Å².